The second-order valence-corrected chi connectivity index (χ2v) is 5.03. The lowest BCUT2D eigenvalue weighted by Crippen LogP contribution is -1.88. The molecule has 1 aromatic heterocycles. The zero-order valence-electron chi connectivity index (χ0n) is 11.0. The first-order valence-corrected chi connectivity index (χ1v) is 6.44. The number of nitro benzene ring substituents is 1. The molecule has 2 N–H and O–H groups in total. The van der Waals surface area contributed by atoms with Crippen LogP contribution in [0.15, 0.2) is 34.7 Å². The van der Waals surface area contributed by atoms with Crippen LogP contribution in [0.2, 0.25) is 5.02 Å². The summed E-state index contributed by atoms with van der Waals surface area (Å²) >= 11 is 6.12. The smallest absolute Gasteiger partial charge is 0.272 e. The van der Waals surface area contributed by atoms with E-state index in [0.717, 1.165) is 0 Å². The highest BCUT2D eigenvalue weighted by Crippen LogP contribution is 2.33. The summed E-state index contributed by atoms with van der Waals surface area (Å²) in [5, 5.41) is 11.3. The fraction of sp³-hybridized carbons (Fsp3) is 0.0714. The first-order valence-electron chi connectivity index (χ1n) is 6.06. The van der Waals surface area contributed by atoms with Gasteiger partial charge in [0.25, 0.3) is 5.69 Å². The summed E-state index contributed by atoms with van der Waals surface area (Å²) in [5.74, 6) is 0.283. The van der Waals surface area contributed by atoms with Gasteiger partial charge in [0.15, 0.2) is 5.58 Å². The molecule has 0 radical (unpaired) electrons. The average Bonchev–Trinajstić information content (AvgIpc) is 2.85. The molecule has 2 aromatic carbocycles. The number of benzene rings is 2. The molecule has 6 nitrogen and oxygen atoms in total. The number of aryl methyl sites for hydroxylation is 1. The molecule has 1 heterocycles. The van der Waals surface area contributed by atoms with Crippen molar-refractivity contribution in [3.63, 3.8) is 0 Å². The molecule has 21 heavy (non-hydrogen) atoms. The summed E-state index contributed by atoms with van der Waals surface area (Å²) in [7, 11) is 0. The van der Waals surface area contributed by atoms with Gasteiger partial charge in [-0.2, -0.15) is 0 Å². The largest absolute Gasteiger partial charge is 0.436 e. The normalized spacial score (nSPS) is 11.0. The van der Waals surface area contributed by atoms with Crippen molar-refractivity contribution in [2.75, 3.05) is 5.73 Å². The second-order valence-electron chi connectivity index (χ2n) is 4.63. The number of oxazole rings is 1. The molecule has 0 saturated carbocycles. The number of hydrogen-bond acceptors (Lipinski definition) is 5. The van der Waals surface area contributed by atoms with Crippen LogP contribution < -0.4 is 5.73 Å². The third-order valence-corrected chi connectivity index (χ3v) is 3.42. The summed E-state index contributed by atoms with van der Waals surface area (Å²) in [6.07, 6.45) is 0. The van der Waals surface area contributed by atoms with Crippen molar-refractivity contribution < 1.29 is 9.34 Å². The van der Waals surface area contributed by atoms with E-state index in [-0.39, 0.29) is 11.6 Å². The van der Waals surface area contributed by atoms with Crippen LogP contribution in [0.25, 0.3) is 22.6 Å². The van der Waals surface area contributed by atoms with Crippen LogP contribution in [0.1, 0.15) is 5.56 Å². The topological polar surface area (TPSA) is 95.2 Å². The van der Waals surface area contributed by atoms with Crippen LogP contribution >= 0.6 is 11.6 Å². The molecule has 0 fully saturated rings. The molecule has 0 spiro atoms. The molecule has 7 heteroatoms. The second kappa shape index (κ2) is 4.75. The Morgan fingerprint density at radius 1 is 1.33 bits per heavy atom. The molecule has 0 aliphatic carbocycles. The molecule has 106 valence electrons. The van der Waals surface area contributed by atoms with Gasteiger partial charge in [-0.15, -0.1) is 0 Å². The van der Waals surface area contributed by atoms with Gasteiger partial charge in [-0.05, 0) is 25.1 Å². The summed E-state index contributed by atoms with van der Waals surface area (Å²) in [4.78, 5) is 14.7. The highest BCUT2D eigenvalue weighted by Gasteiger charge is 2.17. The van der Waals surface area contributed by atoms with E-state index in [0.29, 0.717) is 32.9 Å². The Balaban J connectivity index is 2.24. The van der Waals surface area contributed by atoms with Crippen LogP contribution in [0.4, 0.5) is 11.4 Å². The highest BCUT2D eigenvalue weighted by molar-refractivity contribution is 6.33. The Kier molecular flexibility index (Phi) is 3.03. The van der Waals surface area contributed by atoms with E-state index in [9.17, 15) is 10.1 Å². The molecule has 3 aromatic rings. The number of anilines is 1. The van der Waals surface area contributed by atoms with Crippen LogP contribution in [0.5, 0.6) is 0 Å². The quantitative estimate of drug-likeness (QED) is 0.439. The first-order chi connectivity index (χ1) is 9.95. The summed E-state index contributed by atoms with van der Waals surface area (Å²) in [6, 6.07) is 7.78. The molecule has 0 aliphatic heterocycles. The molecule has 0 atom stereocenters. The third kappa shape index (κ3) is 2.30. The van der Waals surface area contributed by atoms with Gasteiger partial charge in [0, 0.05) is 23.4 Å². The summed E-state index contributed by atoms with van der Waals surface area (Å²) < 4.78 is 5.68. The van der Waals surface area contributed by atoms with Crippen LogP contribution in [0.3, 0.4) is 0 Å². The van der Waals surface area contributed by atoms with Gasteiger partial charge >= 0.3 is 0 Å². The summed E-state index contributed by atoms with van der Waals surface area (Å²) in [6.45, 7) is 1.73. The maximum absolute atomic E-state index is 10.9. The van der Waals surface area contributed by atoms with Crippen molar-refractivity contribution in [3.8, 4) is 11.5 Å². The fourth-order valence-electron chi connectivity index (χ4n) is 2.11. The van der Waals surface area contributed by atoms with Gasteiger partial charge in [-0.1, -0.05) is 11.6 Å². The molecule has 3 rings (SSSR count). The lowest BCUT2D eigenvalue weighted by atomic mass is 10.2. The number of nitrogens with zero attached hydrogens (tertiary/aromatic N) is 2. The zero-order chi connectivity index (χ0) is 15.1. The van der Waals surface area contributed by atoms with Gasteiger partial charge in [-0.3, -0.25) is 10.1 Å². The van der Waals surface area contributed by atoms with E-state index in [1.807, 2.05) is 0 Å². The Morgan fingerprint density at radius 3 is 2.81 bits per heavy atom. The van der Waals surface area contributed by atoms with E-state index < -0.39 is 4.92 Å². The number of halogens is 1. The van der Waals surface area contributed by atoms with Crippen molar-refractivity contribution in [2.24, 2.45) is 0 Å². The van der Waals surface area contributed by atoms with Crippen LogP contribution in [-0.4, -0.2) is 9.91 Å². The Hall–Kier alpha value is -2.60. The minimum Gasteiger partial charge on any atom is -0.436 e. The predicted molar refractivity (Wildman–Crippen MR) is 80.3 cm³/mol. The molecule has 0 saturated heterocycles. The summed E-state index contributed by atoms with van der Waals surface area (Å²) in [5.41, 5.74) is 8.33. The lowest BCUT2D eigenvalue weighted by Gasteiger charge is -2.00. The number of nitro groups is 1. The fourth-order valence-corrected chi connectivity index (χ4v) is 2.31. The van der Waals surface area contributed by atoms with E-state index in [1.165, 1.54) is 12.1 Å². The monoisotopic (exact) mass is 303 g/mol. The Morgan fingerprint density at radius 2 is 2.10 bits per heavy atom. The highest BCUT2D eigenvalue weighted by atomic mass is 35.5. The maximum Gasteiger partial charge on any atom is 0.272 e. The molecule has 0 amide bonds. The van der Waals surface area contributed by atoms with E-state index >= 15 is 0 Å². The van der Waals surface area contributed by atoms with Crippen molar-refractivity contribution in [1.82, 2.24) is 4.98 Å². The number of nitrogen functional groups attached to an aromatic ring is 1. The predicted octanol–water partition coefficient (Wildman–Crippen LogP) is 3.95. The minimum absolute atomic E-state index is 0.0291. The Bertz CT molecular complexity index is 873. The van der Waals surface area contributed by atoms with Crippen molar-refractivity contribution in [2.45, 2.75) is 6.92 Å². The molecular weight excluding hydrogens is 294 g/mol. The number of rotatable bonds is 2. The number of hydrogen-bond donors (Lipinski definition) is 1. The van der Waals surface area contributed by atoms with Gasteiger partial charge in [0.2, 0.25) is 5.89 Å². The van der Waals surface area contributed by atoms with E-state index in [1.54, 1.807) is 25.1 Å². The number of fused-ring (bicyclic) bond motifs is 1. The molecule has 0 aliphatic rings. The molecule has 0 bridgehead atoms. The number of non-ortho nitro benzene ring substituents is 1. The van der Waals surface area contributed by atoms with E-state index in [4.69, 9.17) is 21.8 Å². The van der Waals surface area contributed by atoms with Crippen molar-refractivity contribution in [3.05, 3.63) is 51.0 Å². The molecular formula is C14H10ClN3O3. The molecule has 0 unspecified atom stereocenters. The minimum atomic E-state index is -0.464. The van der Waals surface area contributed by atoms with Crippen LogP contribution in [-0.2, 0) is 0 Å². The SMILES string of the molecule is Cc1cc([N+](=O)[O-])cc2nc(-c3cc(N)ccc3Cl)oc12. The van der Waals surface area contributed by atoms with Crippen molar-refractivity contribution in [1.29, 1.82) is 0 Å². The lowest BCUT2D eigenvalue weighted by molar-refractivity contribution is -0.384. The first kappa shape index (κ1) is 13.4. The van der Waals surface area contributed by atoms with E-state index in [2.05, 4.69) is 4.98 Å². The number of nitrogens with two attached hydrogens (primary N) is 1. The van der Waals surface area contributed by atoms with Gasteiger partial charge in [0.05, 0.1) is 15.5 Å². The van der Waals surface area contributed by atoms with Crippen molar-refractivity contribution >= 4 is 34.1 Å². The van der Waals surface area contributed by atoms with Gasteiger partial charge in [0.1, 0.15) is 5.52 Å². The third-order valence-electron chi connectivity index (χ3n) is 3.09. The number of aromatic nitrogens is 1. The average molecular weight is 304 g/mol. The van der Waals surface area contributed by atoms with Crippen LogP contribution in [0, 0.1) is 17.0 Å². The zero-order valence-corrected chi connectivity index (χ0v) is 11.7. The van der Waals surface area contributed by atoms with Gasteiger partial charge in [-0.25, -0.2) is 4.98 Å². The van der Waals surface area contributed by atoms with Gasteiger partial charge < -0.3 is 10.2 Å². The Labute approximate surface area is 124 Å². The standard InChI is InChI=1S/C14H10ClN3O3/c1-7-4-9(18(19)20)6-12-13(7)21-14(17-12)10-5-8(16)2-3-11(10)15/h2-6H,16H2,1H3. The maximum atomic E-state index is 10.9.